The van der Waals surface area contributed by atoms with E-state index < -0.39 is 40.9 Å². The highest BCUT2D eigenvalue weighted by atomic mass is 127. The van der Waals surface area contributed by atoms with Gasteiger partial charge in [0.05, 0.1) is 30.4 Å². The first kappa shape index (κ1) is 23.6. The normalized spacial score (nSPS) is 29.6. The largest absolute Gasteiger partial charge is 0.431 e. The van der Waals surface area contributed by atoms with Crippen LogP contribution in [-0.4, -0.2) is 53.8 Å². The van der Waals surface area contributed by atoms with E-state index in [0.29, 0.717) is 5.69 Å². The summed E-state index contributed by atoms with van der Waals surface area (Å²) in [5.41, 5.74) is -3.65. The van der Waals surface area contributed by atoms with Crippen LogP contribution in [-0.2, 0) is 9.53 Å². The Morgan fingerprint density at radius 1 is 1.17 bits per heavy atom. The lowest BCUT2D eigenvalue weighted by Crippen LogP contribution is -2.72. The Morgan fingerprint density at radius 3 is 2.58 bits per heavy atom. The first-order valence-electron chi connectivity index (χ1n) is 11.3. The quantitative estimate of drug-likeness (QED) is 0.376. The molecule has 4 heterocycles. The summed E-state index contributed by atoms with van der Waals surface area (Å²) >= 11 is 2.14. The molecule has 6 rings (SSSR count). The number of nitriles is 1. The van der Waals surface area contributed by atoms with Gasteiger partial charge in [-0.1, -0.05) is 0 Å². The maximum Gasteiger partial charge on any atom is 0.431 e. The second-order valence-corrected chi connectivity index (χ2v) is 10.4. The maximum absolute atomic E-state index is 14.5. The summed E-state index contributed by atoms with van der Waals surface area (Å²) in [6, 6.07) is 12.3. The number of alkyl halides is 3. The van der Waals surface area contributed by atoms with Crippen molar-refractivity contribution in [2.45, 2.75) is 30.3 Å². The Morgan fingerprint density at radius 2 is 1.89 bits per heavy atom. The molecule has 0 radical (unpaired) electrons. The van der Waals surface area contributed by atoms with E-state index in [2.05, 4.69) is 27.7 Å². The summed E-state index contributed by atoms with van der Waals surface area (Å²) in [4.78, 5) is 17.9. The van der Waals surface area contributed by atoms with Crippen molar-refractivity contribution in [1.29, 1.82) is 5.26 Å². The molecule has 2 aromatic carbocycles. The maximum atomic E-state index is 14.5. The molecule has 4 aliphatic heterocycles. The zero-order chi connectivity index (χ0) is 25.5. The van der Waals surface area contributed by atoms with Crippen LogP contribution in [0.25, 0.3) is 0 Å². The lowest BCUT2D eigenvalue weighted by Gasteiger charge is -2.54. The monoisotopic (exact) mass is 611 g/mol. The first-order chi connectivity index (χ1) is 17.1. The van der Waals surface area contributed by atoms with Crippen molar-refractivity contribution in [3.05, 3.63) is 57.4 Å². The molecule has 3 saturated heterocycles. The van der Waals surface area contributed by atoms with Crippen LogP contribution in [0.4, 0.5) is 28.9 Å². The molecule has 1 spiro atoms. The number of morpholine rings is 1. The van der Waals surface area contributed by atoms with Crippen LogP contribution in [0.2, 0.25) is 0 Å². The van der Waals surface area contributed by atoms with Gasteiger partial charge >= 0.3 is 6.18 Å². The van der Waals surface area contributed by atoms with E-state index in [4.69, 9.17) is 4.74 Å². The fraction of sp³-hybridized carbons (Fsp3) is 0.375. The van der Waals surface area contributed by atoms with Crippen LogP contribution in [0.5, 0.6) is 0 Å². The molecule has 36 heavy (non-hydrogen) atoms. The Bertz CT molecular complexity index is 1340. The Kier molecular flexibility index (Phi) is 5.16. The Balaban J connectivity index is 1.61. The van der Waals surface area contributed by atoms with E-state index in [1.54, 1.807) is 28.0 Å². The van der Waals surface area contributed by atoms with Gasteiger partial charge in [-0.3, -0.25) is 9.69 Å². The minimum Gasteiger partial charge on any atom is -0.376 e. The van der Waals surface area contributed by atoms with Gasteiger partial charge in [0.25, 0.3) is 5.91 Å². The molecule has 7 nitrogen and oxygen atoms in total. The summed E-state index contributed by atoms with van der Waals surface area (Å²) in [5.74, 6) is -2.64. The smallest absolute Gasteiger partial charge is 0.376 e. The summed E-state index contributed by atoms with van der Waals surface area (Å²) in [6.07, 6.45) is -4.48. The van der Waals surface area contributed by atoms with E-state index in [9.17, 15) is 27.6 Å². The standard InChI is InChI=1S/C24H18F4IN5O2/c25-19-6-5-17(11-14(19)12-30)34-23-18(20(31-34)24(26,27)28)7-8-22(13-36-10-9-32(22)23)33(21(23)35)16-3-1-15(29)2-4-16/h1-6,11,18H,7-10,13H2. The van der Waals surface area contributed by atoms with Crippen molar-refractivity contribution in [2.24, 2.45) is 11.0 Å². The van der Waals surface area contributed by atoms with E-state index >= 15 is 0 Å². The number of nitrogens with zero attached hydrogens (tertiary/aromatic N) is 5. The highest BCUT2D eigenvalue weighted by Gasteiger charge is 2.78. The summed E-state index contributed by atoms with van der Waals surface area (Å²) in [5, 5.41) is 14.4. The molecule has 0 aliphatic carbocycles. The molecule has 186 valence electrons. The Labute approximate surface area is 217 Å². The van der Waals surface area contributed by atoms with Crippen molar-refractivity contribution < 1.29 is 27.1 Å². The molecule has 1 amide bonds. The number of ether oxygens (including phenoxy) is 1. The number of hydrogen-bond donors (Lipinski definition) is 0. The molecule has 0 aromatic heterocycles. The SMILES string of the molecule is N#Cc1cc(N2N=C(C(F)(F)F)C3CCC45COCCN4C32C(=O)N5c2ccc(I)cc2)ccc1F. The minimum absolute atomic E-state index is 0.0392. The van der Waals surface area contributed by atoms with Gasteiger partial charge in [-0.2, -0.15) is 23.5 Å². The predicted octanol–water partition coefficient (Wildman–Crippen LogP) is 4.22. The summed E-state index contributed by atoms with van der Waals surface area (Å²) in [6.45, 7) is 0.555. The number of hydrazone groups is 1. The van der Waals surface area contributed by atoms with Gasteiger partial charge < -0.3 is 4.74 Å². The second kappa shape index (κ2) is 7.87. The molecular weight excluding hydrogens is 593 g/mol. The molecule has 0 N–H and O–H groups in total. The van der Waals surface area contributed by atoms with Gasteiger partial charge in [0.1, 0.15) is 23.3 Å². The topological polar surface area (TPSA) is 72.2 Å². The Hall–Kier alpha value is -2.76. The second-order valence-electron chi connectivity index (χ2n) is 9.19. The van der Waals surface area contributed by atoms with Crippen LogP contribution in [0.15, 0.2) is 47.6 Å². The third-order valence-electron chi connectivity index (χ3n) is 7.51. The number of amides is 1. The molecule has 3 unspecified atom stereocenters. The lowest BCUT2D eigenvalue weighted by molar-refractivity contribution is -0.138. The van der Waals surface area contributed by atoms with Crippen molar-refractivity contribution >= 4 is 45.6 Å². The zero-order valence-electron chi connectivity index (χ0n) is 18.6. The molecule has 2 bridgehead atoms. The molecule has 4 aliphatic rings. The number of rotatable bonds is 2. The fourth-order valence-corrected chi connectivity index (χ4v) is 6.53. The van der Waals surface area contributed by atoms with Crippen molar-refractivity contribution in [3.8, 4) is 6.07 Å². The molecule has 3 atom stereocenters. The van der Waals surface area contributed by atoms with E-state index in [0.717, 1.165) is 20.7 Å². The van der Waals surface area contributed by atoms with Gasteiger partial charge in [-0.25, -0.2) is 14.3 Å². The van der Waals surface area contributed by atoms with Crippen LogP contribution in [0.1, 0.15) is 18.4 Å². The third-order valence-corrected chi connectivity index (χ3v) is 8.23. The first-order valence-corrected chi connectivity index (χ1v) is 12.3. The van der Waals surface area contributed by atoms with Gasteiger partial charge in [-0.05, 0) is 77.9 Å². The van der Waals surface area contributed by atoms with Crippen molar-refractivity contribution in [2.75, 3.05) is 29.7 Å². The third kappa shape index (κ3) is 2.96. The van der Waals surface area contributed by atoms with Gasteiger partial charge in [0.2, 0.25) is 5.66 Å². The van der Waals surface area contributed by atoms with Crippen LogP contribution >= 0.6 is 22.6 Å². The van der Waals surface area contributed by atoms with E-state index in [1.165, 1.54) is 6.07 Å². The average molecular weight is 611 g/mol. The summed E-state index contributed by atoms with van der Waals surface area (Å²) in [7, 11) is 0. The van der Waals surface area contributed by atoms with E-state index in [1.807, 2.05) is 12.1 Å². The van der Waals surface area contributed by atoms with Crippen LogP contribution < -0.4 is 9.91 Å². The average Bonchev–Trinajstić information content (AvgIpc) is 3.29. The van der Waals surface area contributed by atoms with E-state index in [-0.39, 0.29) is 43.9 Å². The lowest BCUT2D eigenvalue weighted by atomic mass is 9.77. The van der Waals surface area contributed by atoms with Gasteiger partial charge in [0, 0.05) is 15.8 Å². The predicted molar refractivity (Wildman–Crippen MR) is 129 cm³/mol. The number of hydrogen-bond acceptors (Lipinski definition) is 6. The number of anilines is 2. The molecule has 3 fully saturated rings. The number of piperidine rings is 1. The summed E-state index contributed by atoms with van der Waals surface area (Å²) < 4.78 is 63.9. The number of benzene rings is 2. The highest BCUT2D eigenvalue weighted by Crippen LogP contribution is 2.59. The zero-order valence-corrected chi connectivity index (χ0v) is 20.8. The van der Waals surface area contributed by atoms with Crippen LogP contribution in [0.3, 0.4) is 0 Å². The number of carbonyl (C=O) groups is 1. The van der Waals surface area contributed by atoms with Gasteiger partial charge in [-0.15, -0.1) is 0 Å². The number of carbonyl (C=O) groups excluding carboxylic acids is 1. The van der Waals surface area contributed by atoms with Crippen molar-refractivity contribution in [1.82, 2.24) is 4.90 Å². The van der Waals surface area contributed by atoms with Gasteiger partial charge in [0.15, 0.2) is 0 Å². The molecular formula is C24H18F4IN5O2. The minimum atomic E-state index is -4.78. The molecule has 12 heteroatoms. The fourth-order valence-electron chi connectivity index (χ4n) is 6.17. The molecule has 2 aromatic rings. The van der Waals surface area contributed by atoms with Crippen molar-refractivity contribution in [3.63, 3.8) is 0 Å². The number of halogens is 5. The molecule has 0 saturated carbocycles. The highest BCUT2D eigenvalue weighted by molar-refractivity contribution is 14.1. The van der Waals surface area contributed by atoms with Crippen LogP contribution in [0, 0.1) is 26.6 Å².